The van der Waals surface area contributed by atoms with Crippen molar-refractivity contribution in [2.24, 2.45) is 0 Å². The van der Waals surface area contributed by atoms with Crippen molar-refractivity contribution in [2.75, 3.05) is 26.5 Å². The Balaban J connectivity index is 2.73. The Kier molecular flexibility index (Phi) is 5.85. The molecule has 0 unspecified atom stereocenters. The summed E-state index contributed by atoms with van der Waals surface area (Å²) in [6.45, 7) is 2.60. The molecule has 1 rings (SSSR count). The van der Waals surface area contributed by atoms with E-state index >= 15 is 0 Å². The molecule has 100 valence electrons. The summed E-state index contributed by atoms with van der Waals surface area (Å²) >= 11 is 3.90. The number of nitrogens with one attached hydrogen (secondary N) is 1. The molecule has 0 fully saturated rings. The van der Waals surface area contributed by atoms with Crippen LogP contribution < -0.4 is 14.8 Å². The van der Waals surface area contributed by atoms with E-state index in [4.69, 9.17) is 9.47 Å². The molecule has 5 heteroatoms. The highest BCUT2D eigenvalue weighted by atomic mass is 32.1. The maximum Gasteiger partial charge on any atom is 0.229 e. The largest absolute Gasteiger partial charge is 0.493 e. The Morgan fingerprint density at radius 2 is 1.89 bits per heavy atom. The summed E-state index contributed by atoms with van der Waals surface area (Å²) in [6.07, 6.45) is 0.756. The first-order chi connectivity index (χ1) is 8.62. The third kappa shape index (κ3) is 3.84. The molecule has 4 nitrogen and oxygen atoms in total. The minimum atomic E-state index is -0.0588. The fourth-order valence-electron chi connectivity index (χ4n) is 1.68. The molecule has 0 aromatic heterocycles. The molecule has 18 heavy (non-hydrogen) atoms. The van der Waals surface area contributed by atoms with Crippen molar-refractivity contribution in [1.29, 1.82) is 0 Å². The number of aryl methyl sites for hydroxylation is 1. The molecule has 0 saturated carbocycles. The SMILES string of the molecule is COc1cc(C)c(CCNC(=O)CS)cc1OC. The monoisotopic (exact) mass is 269 g/mol. The summed E-state index contributed by atoms with van der Waals surface area (Å²) in [5, 5.41) is 2.79. The maximum absolute atomic E-state index is 11.1. The second-order valence-electron chi connectivity index (χ2n) is 3.89. The van der Waals surface area contributed by atoms with E-state index in [-0.39, 0.29) is 11.7 Å². The van der Waals surface area contributed by atoms with E-state index in [2.05, 4.69) is 17.9 Å². The van der Waals surface area contributed by atoms with Gasteiger partial charge in [-0.1, -0.05) is 0 Å². The molecule has 0 atom stereocenters. The van der Waals surface area contributed by atoms with Gasteiger partial charge in [0.25, 0.3) is 0 Å². The van der Waals surface area contributed by atoms with E-state index in [1.165, 1.54) is 0 Å². The van der Waals surface area contributed by atoms with Crippen LogP contribution >= 0.6 is 12.6 Å². The van der Waals surface area contributed by atoms with Crippen molar-refractivity contribution >= 4 is 18.5 Å². The number of amides is 1. The molecule has 1 amide bonds. The lowest BCUT2D eigenvalue weighted by atomic mass is 10.0. The van der Waals surface area contributed by atoms with Crippen LogP contribution in [0.2, 0.25) is 0 Å². The average Bonchev–Trinajstić information content (AvgIpc) is 2.39. The van der Waals surface area contributed by atoms with E-state index in [0.29, 0.717) is 12.3 Å². The Bertz CT molecular complexity index is 421. The summed E-state index contributed by atoms with van der Waals surface area (Å²) in [7, 11) is 3.23. The highest BCUT2D eigenvalue weighted by molar-refractivity contribution is 7.81. The number of thiol groups is 1. The van der Waals surface area contributed by atoms with Crippen molar-refractivity contribution in [1.82, 2.24) is 5.32 Å². The second kappa shape index (κ2) is 7.16. The van der Waals surface area contributed by atoms with Crippen LogP contribution in [0.15, 0.2) is 12.1 Å². The first kappa shape index (κ1) is 14.7. The van der Waals surface area contributed by atoms with E-state index in [0.717, 1.165) is 23.3 Å². The van der Waals surface area contributed by atoms with Gasteiger partial charge in [-0.2, -0.15) is 12.6 Å². The summed E-state index contributed by atoms with van der Waals surface area (Å²) in [6, 6.07) is 3.88. The van der Waals surface area contributed by atoms with Gasteiger partial charge in [0.05, 0.1) is 20.0 Å². The number of benzene rings is 1. The van der Waals surface area contributed by atoms with Crippen LogP contribution in [0.3, 0.4) is 0 Å². The highest BCUT2D eigenvalue weighted by Gasteiger charge is 2.08. The molecule has 0 saturated heterocycles. The molecule has 0 spiro atoms. The number of hydrogen-bond acceptors (Lipinski definition) is 4. The molecule has 0 aliphatic carbocycles. The number of methoxy groups -OCH3 is 2. The number of carbonyl (C=O) groups excluding carboxylic acids is 1. The number of hydrogen-bond donors (Lipinski definition) is 2. The summed E-state index contributed by atoms with van der Waals surface area (Å²) in [5.41, 5.74) is 2.25. The van der Waals surface area contributed by atoms with Gasteiger partial charge in [-0.3, -0.25) is 4.79 Å². The van der Waals surface area contributed by atoms with Gasteiger partial charge in [0.1, 0.15) is 0 Å². The zero-order valence-electron chi connectivity index (χ0n) is 10.9. The van der Waals surface area contributed by atoms with Gasteiger partial charge in [0.2, 0.25) is 5.91 Å². The number of ether oxygens (including phenoxy) is 2. The highest BCUT2D eigenvalue weighted by Crippen LogP contribution is 2.30. The minimum Gasteiger partial charge on any atom is -0.493 e. The molecule has 1 aromatic carbocycles. The first-order valence-corrected chi connectivity index (χ1v) is 6.34. The van der Waals surface area contributed by atoms with Crippen molar-refractivity contribution in [2.45, 2.75) is 13.3 Å². The Morgan fingerprint density at radius 3 is 2.44 bits per heavy atom. The lowest BCUT2D eigenvalue weighted by molar-refractivity contribution is -0.118. The Labute approximate surface area is 113 Å². The van der Waals surface area contributed by atoms with Crippen LogP contribution in [0.25, 0.3) is 0 Å². The third-order valence-corrected chi connectivity index (χ3v) is 2.99. The van der Waals surface area contributed by atoms with Crippen LogP contribution in [-0.2, 0) is 11.2 Å². The van der Waals surface area contributed by atoms with E-state index < -0.39 is 0 Å². The van der Waals surface area contributed by atoms with Crippen LogP contribution in [-0.4, -0.2) is 32.4 Å². The lowest BCUT2D eigenvalue weighted by Crippen LogP contribution is -2.26. The molecule has 0 bridgehead atoms. The van der Waals surface area contributed by atoms with Gasteiger partial charge in [-0.25, -0.2) is 0 Å². The van der Waals surface area contributed by atoms with Crippen molar-refractivity contribution in [3.8, 4) is 11.5 Å². The van der Waals surface area contributed by atoms with Gasteiger partial charge < -0.3 is 14.8 Å². The minimum absolute atomic E-state index is 0.0588. The predicted molar refractivity (Wildman–Crippen MR) is 74.8 cm³/mol. The van der Waals surface area contributed by atoms with E-state index in [1.54, 1.807) is 14.2 Å². The van der Waals surface area contributed by atoms with Crippen LogP contribution in [0.4, 0.5) is 0 Å². The molecule has 0 radical (unpaired) electrons. The third-order valence-electron chi connectivity index (χ3n) is 2.70. The van der Waals surface area contributed by atoms with E-state index in [9.17, 15) is 4.79 Å². The van der Waals surface area contributed by atoms with Gasteiger partial charge in [-0.05, 0) is 36.6 Å². The fraction of sp³-hybridized carbons (Fsp3) is 0.462. The topological polar surface area (TPSA) is 47.6 Å². The second-order valence-corrected chi connectivity index (χ2v) is 4.21. The summed E-state index contributed by atoms with van der Waals surface area (Å²) in [4.78, 5) is 11.1. The van der Waals surface area contributed by atoms with Crippen LogP contribution in [0.5, 0.6) is 11.5 Å². The van der Waals surface area contributed by atoms with Crippen molar-refractivity contribution < 1.29 is 14.3 Å². The lowest BCUT2D eigenvalue weighted by Gasteiger charge is -2.13. The molecule has 0 heterocycles. The normalized spacial score (nSPS) is 10.0. The smallest absolute Gasteiger partial charge is 0.229 e. The average molecular weight is 269 g/mol. The predicted octanol–water partition coefficient (Wildman–Crippen LogP) is 1.60. The Morgan fingerprint density at radius 1 is 1.28 bits per heavy atom. The van der Waals surface area contributed by atoms with E-state index in [1.807, 2.05) is 19.1 Å². The van der Waals surface area contributed by atoms with Gasteiger partial charge >= 0.3 is 0 Å². The van der Waals surface area contributed by atoms with Crippen LogP contribution in [0, 0.1) is 6.92 Å². The van der Waals surface area contributed by atoms with Gasteiger partial charge in [-0.15, -0.1) is 0 Å². The molecule has 0 aliphatic rings. The molecule has 1 aromatic rings. The molecule has 1 N–H and O–H groups in total. The number of rotatable bonds is 6. The maximum atomic E-state index is 11.1. The zero-order chi connectivity index (χ0) is 13.5. The standard InChI is InChI=1S/C13H19NO3S/c1-9-6-11(16-2)12(17-3)7-10(9)4-5-14-13(15)8-18/h6-7,18H,4-5,8H2,1-3H3,(H,14,15). The molecular formula is C13H19NO3S. The van der Waals surface area contributed by atoms with Crippen molar-refractivity contribution in [3.05, 3.63) is 23.3 Å². The van der Waals surface area contributed by atoms with Gasteiger partial charge in [0.15, 0.2) is 11.5 Å². The molecule has 0 aliphatic heterocycles. The number of carbonyl (C=O) groups is 1. The zero-order valence-corrected chi connectivity index (χ0v) is 11.8. The van der Waals surface area contributed by atoms with Gasteiger partial charge in [0, 0.05) is 6.54 Å². The Hall–Kier alpha value is -1.36. The molecular weight excluding hydrogens is 250 g/mol. The quantitative estimate of drug-likeness (QED) is 0.771. The fourth-order valence-corrected chi connectivity index (χ4v) is 1.80. The van der Waals surface area contributed by atoms with Crippen molar-refractivity contribution in [3.63, 3.8) is 0 Å². The summed E-state index contributed by atoms with van der Waals surface area (Å²) < 4.78 is 10.5. The first-order valence-electron chi connectivity index (χ1n) is 5.71. The van der Waals surface area contributed by atoms with Crippen LogP contribution in [0.1, 0.15) is 11.1 Å². The summed E-state index contributed by atoms with van der Waals surface area (Å²) in [5.74, 6) is 1.58.